The maximum absolute atomic E-state index is 6.61. The molecule has 1 aliphatic carbocycles. The van der Waals surface area contributed by atoms with Crippen LogP contribution in [0.15, 0.2) is 108 Å². The lowest BCUT2D eigenvalue weighted by atomic mass is 9.52. The molecule has 2 nitrogen and oxygen atoms in total. The zero-order valence-electron chi connectivity index (χ0n) is 24.2. The van der Waals surface area contributed by atoms with Gasteiger partial charge in [0.05, 0.1) is 5.69 Å². The zero-order chi connectivity index (χ0) is 27.9. The SMILES string of the molecule is CC1(C)c2ccccc2-c2cc(-c3cccc4c3oc3cc(-c5ccccc5)ccc34)ncc2C(C)(C)C1(C)C. The van der Waals surface area contributed by atoms with Gasteiger partial charge in [-0.15, -0.1) is 0 Å². The number of nitrogens with zero attached hydrogens (tertiary/aromatic N) is 1. The Bertz CT molecular complexity index is 1920. The first kappa shape index (κ1) is 24.8. The quantitative estimate of drug-likeness (QED) is 0.226. The monoisotopic (exact) mass is 521 g/mol. The van der Waals surface area contributed by atoms with E-state index >= 15 is 0 Å². The predicted octanol–water partition coefficient (Wildman–Crippen LogP) is 10.6. The van der Waals surface area contributed by atoms with Crippen molar-refractivity contribution in [2.75, 3.05) is 0 Å². The molecule has 0 aliphatic heterocycles. The van der Waals surface area contributed by atoms with Crippen LogP contribution in [0.1, 0.15) is 52.7 Å². The van der Waals surface area contributed by atoms with Crippen LogP contribution in [0, 0.1) is 5.41 Å². The summed E-state index contributed by atoms with van der Waals surface area (Å²) in [7, 11) is 0. The van der Waals surface area contributed by atoms with Crippen molar-refractivity contribution in [1.82, 2.24) is 4.98 Å². The van der Waals surface area contributed by atoms with Gasteiger partial charge in [0, 0.05) is 22.5 Å². The van der Waals surface area contributed by atoms with E-state index in [0.717, 1.165) is 38.8 Å². The first-order valence-corrected chi connectivity index (χ1v) is 14.2. The molecule has 2 aromatic heterocycles. The molecule has 2 heterocycles. The van der Waals surface area contributed by atoms with E-state index in [1.807, 2.05) is 6.07 Å². The minimum Gasteiger partial charge on any atom is -0.455 e. The Labute approximate surface area is 236 Å². The Kier molecular flexibility index (Phi) is 5.23. The lowest BCUT2D eigenvalue weighted by Crippen LogP contribution is -2.48. The van der Waals surface area contributed by atoms with Gasteiger partial charge < -0.3 is 4.42 Å². The summed E-state index contributed by atoms with van der Waals surface area (Å²) in [6.45, 7) is 14.4. The molecule has 0 spiro atoms. The Hall–Kier alpha value is -4.17. The molecule has 0 saturated heterocycles. The van der Waals surface area contributed by atoms with Gasteiger partial charge >= 0.3 is 0 Å². The molecule has 7 rings (SSSR count). The van der Waals surface area contributed by atoms with Crippen LogP contribution < -0.4 is 0 Å². The molecule has 0 radical (unpaired) electrons. The molecule has 0 unspecified atom stereocenters. The van der Waals surface area contributed by atoms with Crippen molar-refractivity contribution in [3.63, 3.8) is 0 Å². The van der Waals surface area contributed by atoms with Crippen molar-refractivity contribution >= 4 is 21.9 Å². The Morgan fingerprint density at radius 3 is 2.05 bits per heavy atom. The number of furan rings is 1. The van der Waals surface area contributed by atoms with Crippen LogP contribution in [-0.4, -0.2) is 4.98 Å². The van der Waals surface area contributed by atoms with E-state index in [1.165, 1.54) is 27.8 Å². The number of hydrogen-bond acceptors (Lipinski definition) is 2. The van der Waals surface area contributed by atoms with Crippen molar-refractivity contribution in [2.45, 2.75) is 52.4 Å². The summed E-state index contributed by atoms with van der Waals surface area (Å²) in [5, 5.41) is 2.24. The second kappa shape index (κ2) is 8.41. The second-order valence-corrected chi connectivity index (χ2v) is 12.9. The van der Waals surface area contributed by atoms with Gasteiger partial charge in [0.15, 0.2) is 0 Å². The second-order valence-electron chi connectivity index (χ2n) is 12.9. The summed E-state index contributed by atoms with van der Waals surface area (Å²) >= 11 is 0. The molecule has 1 aliphatic rings. The van der Waals surface area contributed by atoms with Crippen LogP contribution in [-0.2, 0) is 10.8 Å². The Morgan fingerprint density at radius 1 is 0.550 bits per heavy atom. The van der Waals surface area contributed by atoms with E-state index in [1.54, 1.807) is 0 Å². The minimum atomic E-state index is -0.102. The summed E-state index contributed by atoms with van der Waals surface area (Å²) < 4.78 is 6.61. The fraction of sp³-hybridized carbons (Fsp3) is 0.237. The van der Waals surface area contributed by atoms with Gasteiger partial charge in [-0.2, -0.15) is 0 Å². The highest BCUT2D eigenvalue weighted by atomic mass is 16.3. The van der Waals surface area contributed by atoms with Gasteiger partial charge in [0.2, 0.25) is 0 Å². The fourth-order valence-electron chi connectivity index (χ4n) is 6.85. The van der Waals surface area contributed by atoms with Crippen molar-refractivity contribution in [1.29, 1.82) is 0 Å². The van der Waals surface area contributed by atoms with Gasteiger partial charge in [-0.25, -0.2) is 0 Å². The number of hydrogen-bond donors (Lipinski definition) is 0. The molecule has 0 saturated carbocycles. The molecule has 4 aromatic carbocycles. The van der Waals surface area contributed by atoms with Crippen LogP contribution in [0.4, 0.5) is 0 Å². The largest absolute Gasteiger partial charge is 0.455 e. The third-order valence-electron chi connectivity index (χ3n) is 10.5. The van der Waals surface area contributed by atoms with E-state index in [4.69, 9.17) is 9.40 Å². The molecule has 6 aromatic rings. The van der Waals surface area contributed by atoms with E-state index in [-0.39, 0.29) is 16.2 Å². The van der Waals surface area contributed by atoms with Crippen molar-refractivity contribution in [3.05, 3.63) is 114 Å². The number of fused-ring (bicyclic) bond motifs is 6. The number of benzene rings is 4. The average Bonchev–Trinajstić information content (AvgIpc) is 3.33. The molecule has 0 atom stereocenters. The lowest BCUT2D eigenvalue weighted by Gasteiger charge is -2.51. The fourth-order valence-corrected chi connectivity index (χ4v) is 6.85. The van der Waals surface area contributed by atoms with Crippen LogP contribution in [0.2, 0.25) is 0 Å². The highest BCUT2D eigenvalue weighted by molar-refractivity contribution is 6.10. The third kappa shape index (κ3) is 3.32. The number of para-hydroxylation sites is 1. The van der Waals surface area contributed by atoms with Crippen LogP contribution in [0.5, 0.6) is 0 Å². The maximum Gasteiger partial charge on any atom is 0.144 e. The highest BCUT2D eigenvalue weighted by Crippen LogP contribution is 2.59. The summed E-state index contributed by atoms with van der Waals surface area (Å²) in [5.74, 6) is 0. The van der Waals surface area contributed by atoms with Gasteiger partial charge in [-0.3, -0.25) is 4.98 Å². The topological polar surface area (TPSA) is 26.0 Å². The highest BCUT2D eigenvalue weighted by Gasteiger charge is 2.53. The molecule has 0 bridgehead atoms. The summed E-state index contributed by atoms with van der Waals surface area (Å²) in [5.41, 5.74) is 11.2. The molecule has 0 N–H and O–H groups in total. The van der Waals surface area contributed by atoms with Crippen LogP contribution in [0.3, 0.4) is 0 Å². The van der Waals surface area contributed by atoms with Crippen molar-refractivity contribution in [2.24, 2.45) is 5.41 Å². The van der Waals surface area contributed by atoms with Crippen LogP contribution in [0.25, 0.3) is 55.4 Å². The van der Waals surface area contributed by atoms with Gasteiger partial charge in [-0.05, 0) is 73.9 Å². The van der Waals surface area contributed by atoms with Crippen molar-refractivity contribution in [3.8, 4) is 33.5 Å². The van der Waals surface area contributed by atoms with Crippen molar-refractivity contribution < 1.29 is 4.42 Å². The zero-order valence-corrected chi connectivity index (χ0v) is 24.2. The number of aromatic nitrogens is 1. The molecule has 198 valence electrons. The Balaban J connectivity index is 1.45. The average molecular weight is 522 g/mol. The van der Waals surface area contributed by atoms with E-state index < -0.39 is 0 Å². The van der Waals surface area contributed by atoms with E-state index in [2.05, 4.69) is 139 Å². The number of pyridine rings is 1. The summed E-state index contributed by atoms with van der Waals surface area (Å²) in [4.78, 5) is 5.11. The molecular formula is C38H35NO. The van der Waals surface area contributed by atoms with E-state index in [9.17, 15) is 0 Å². The lowest BCUT2D eigenvalue weighted by molar-refractivity contribution is 0.0946. The molecule has 2 heteroatoms. The molecular weight excluding hydrogens is 486 g/mol. The predicted molar refractivity (Wildman–Crippen MR) is 168 cm³/mol. The standard InChI is InChI=1S/C38H35NO/c1-36(2)31-18-11-10-15-26(31)30-22-33(39-23-32(30)37(3,4)38(36,5)6)29-17-12-16-28-27-20-19-25(21-34(27)40-35(28)29)24-13-8-7-9-14-24/h7-23H,1-6H3. The molecule has 0 fully saturated rings. The summed E-state index contributed by atoms with van der Waals surface area (Å²) in [6.07, 6.45) is 2.12. The van der Waals surface area contributed by atoms with Gasteiger partial charge in [0.1, 0.15) is 11.2 Å². The summed E-state index contributed by atoms with van der Waals surface area (Å²) in [6, 6.07) is 34.6. The van der Waals surface area contributed by atoms with Crippen LogP contribution >= 0.6 is 0 Å². The van der Waals surface area contributed by atoms with E-state index in [0.29, 0.717) is 0 Å². The third-order valence-corrected chi connectivity index (χ3v) is 10.5. The molecule has 40 heavy (non-hydrogen) atoms. The van der Waals surface area contributed by atoms with Gasteiger partial charge in [0.25, 0.3) is 0 Å². The minimum absolute atomic E-state index is 0.0141. The Morgan fingerprint density at radius 2 is 1.25 bits per heavy atom. The normalized spacial score (nSPS) is 16.9. The van der Waals surface area contributed by atoms with Gasteiger partial charge in [-0.1, -0.05) is 114 Å². The number of rotatable bonds is 2. The first-order valence-electron chi connectivity index (χ1n) is 14.2. The first-order chi connectivity index (χ1) is 19.1. The smallest absolute Gasteiger partial charge is 0.144 e. The maximum atomic E-state index is 6.61. The molecule has 0 amide bonds.